The van der Waals surface area contributed by atoms with Gasteiger partial charge in [0.05, 0.1) is 0 Å². The molecule has 21 heavy (non-hydrogen) atoms. The van der Waals surface area contributed by atoms with Crippen molar-refractivity contribution < 1.29 is 0 Å². The lowest BCUT2D eigenvalue weighted by Gasteiger charge is -2.30. The summed E-state index contributed by atoms with van der Waals surface area (Å²) < 4.78 is 0. The molecule has 0 bridgehead atoms. The number of rotatable bonds is 9. The largest absolute Gasteiger partial charge is 0.310 e. The van der Waals surface area contributed by atoms with Gasteiger partial charge in [-0.15, -0.1) is 0 Å². The second kappa shape index (κ2) is 9.25. The summed E-state index contributed by atoms with van der Waals surface area (Å²) in [7, 11) is 0. The van der Waals surface area contributed by atoms with E-state index >= 15 is 0 Å². The monoisotopic (exact) mass is 289 g/mol. The first-order valence-electron chi connectivity index (χ1n) is 8.86. The fraction of sp³-hybridized carbons (Fsp3) is 0.700. The molecule has 0 fully saturated rings. The van der Waals surface area contributed by atoms with Gasteiger partial charge < -0.3 is 5.32 Å². The van der Waals surface area contributed by atoms with Crippen LogP contribution in [-0.2, 0) is 0 Å². The summed E-state index contributed by atoms with van der Waals surface area (Å²) in [5, 5.41) is 3.84. The van der Waals surface area contributed by atoms with Gasteiger partial charge in [-0.05, 0) is 74.8 Å². The van der Waals surface area contributed by atoms with Gasteiger partial charge in [0.25, 0.3) is 0 Å². The molecule has 1 nitrogen and oxygen atoms in total. The zero-order valence-corrected chi connectivity index (χ0v) is 15.1. The minimum absolute atomic E-state index is 0.518. The Morgan fingerprint density at radius 3 is 1.90 bits per heavy atom. The van der Waals surface area contributed by atoms with Gasteiger partial charge in [0.15, 0.2) is 0 Å². The van der Waals surface area contributed by atoms with Gasteiger partial charge in [-0.1, -0.05) is 45.7 Å². The Hall–Kier alpha value is -0.820. The lowest BCUT2D eigenvalue weighted by atomic mass is 9.83. The molecular formula is C20H35N. The Balaban J connectivity index is 3.13. The van der Waals surface area contributed by atoms with E-state index in [4.69, 9.17) is 0 Å². The molecule has 1 heteroatoms. The lowest BCUT2D eigenvalue weighted by Crippen LogP contribution is -2.30. The Kier molecular flexibility index (Phi) is 8.03. The third-order valence-corrected chi connectivity index (χ3v) is 4.62. The smallest absolute Gasteiger partial charge is 0.0351 e. The van der Waals surface area contributed by atoms with E-state index in [-0.39, 0.29) is 0 Å². The van der Waals surface area contributed by atoms with Crippen LogP contribution in [0.1, 0.15) is 81.2 Å². The molecule has 1 atom stereocenters. The molecule has 1 rings (SSSR count). The van der Waals surface area contributed by atoms with Crippen molar-refractivity contribution in [2.45, 2.75) is 79.7 Å². The summed E-state index contributed by atoms with van der Waals surface area (Å²) in [6, 6.07) is 5.31. The highest BCUT2D eigenvalue weighted by atomic mass is 14.9. The maximum atomic E-state index is 3.84. The topological polar surface area (TPSA) is 12.0 Å². The van der Waals surface area contributed by atoms with Crippen molar-refractivity contribution in [3.05, 3.63) is 34.4 Å². The Labute approximate surface area is 132 Å². The number of benzene rings is 1. The highest BCUT2D eigenvalue weighted by molar-refractivity contribution is 5.38. The molecule has 0 saturated carbocycles. The predicted octanol–water partition coefficient (Wildman–Crippen LogP) is 5.87. The summed E-state index contributed by atoms with van der Waals surface area (Å²) in [6.07, 6.45) is 6.40. The van der Waals surface area contributed by atoms with E-state index < -0.39 is 0 Å². The van der Waals surface area contributed by atoms with Crippen molar-refractivity contribution in [1.29, 1.82) is 0 Å². The van der Waals surface area contributed by atoms with Gasteiger partial charge in [-0.3, -0.25) is 0 Å². The van der Waals surface area contributed by atoms with Crippen LogP contribution in [0.5, 0.6) is 0 Å². The third-order valence-electron chi connectivity index (χ3n) is 4.62. The fourth-order valence-corrected chi connectivity index (χ4v) is 3.37. The van der Waals surface area contributed by atoms with Crippen LogP contribution >= 0.6 is 0 Å². The van der Waals surface area contributed by atoms with Crippen LogP contribution in [0.3, 0.4) is 0 Å². The van der Waals surface area contributed by atoms with Crippen LogP contribution in [0.15, 0.2) is 12.1 Å². The van der Waals surface area contributed by atoms with Gasteiger partial charge in [-0.2, -0.15) is 0 Å². The normalized spacial score (nSPS) is 12.9. The summed E-state index contributed by atoms with van der Waals surface area (Å²) in [5.41, 5.74) is 5.81. The van der Waals surface area contributed by atoms with Crippen molar-refractivity contribution in [3.63, 3.8) is 0 Å². The number of hydrogen-bond donors (Lipinski definition) is 1. The molecule has 0 amide bonds. The van der Waals surface area contributed by atoms with Crippen molar-refractivity contribution in [3.8, 4) is 0 Å². The van der Waals surface area contributed by atoms with E-state index in [0.29, 0.717) is 6.04 Å². The molecule has 0 spiro atoms. The molecule has 0 aromatic heterocycles. The van der Waals surface area contributed by atoms with Crippen molar-refractivity contribution >= 4 is 0 Å². The number of hydrogen-bond acceptors (Lipinski definition) is 1. The molecular weight excluding hydrogens is 254 g/mol. The van der Waals surface area contributed by atoms with Crippen LogP contribution < -0.4 is 5.32 Å². The molecule has 120 valence electrons. The van der Waals surface area contributed by atoms with Crippen LogP contribution in [0.25, 0.3) is 0 Å². The minimum atomic E-state index is 0.518. The molecule has 0 heterocycles. The first-order chi connectivity index (χ1) is 10.0. The second-order valence-corrected chi connectivity index (χ2v) is 6.56. The molecule has 1 N–H and O–H groups in total. The van der Waals surface area contributed by atoms with E-state index in [1.54, 1.807) is 0 Å². The van der Waals surface area contributed by atoms with Gasteiger partial charge in [0, 0.05) is 6.04 Å². The molecule has 0 radical (unpaired) electrons. The first kappa shape index (κ1) is 18.2. The van der Waals surface area contributed by atoms with Crippen LogP contribution in [0.4, 0.5) is 0 Å². The first-order valence-corrected chi connectivity index (χ1v) is 8.86. The Morgan fingerprint density at radius 1 is 0.810 bits per heavy atom. The Morgan fingerprint density at radius 2 is 1.38 bits per heavy atom. The molecule has 1 aromatic carbocycles. The van der Waals surface area contributed by atoms with Gasteiger partial charge in [-0.25, -0.2) is 0 Å². The molecule has 0 aliphatic heterocycles. The van der Waals surface area contributed by atoms with E-state index in [1.165, 1.54) is 54.4 Å². The van der Waals surface area contributed by atoms with Crippen LogP contribution in [0, 0.1) is 26.7 Å². The number of nitrogens with one attached hydrogen (secondary N) is 1. The average Bonchev–Trinajstić information content (AvgIpc) is 2.44. The highest BCUT2D eigenvalue weighted by Crippen LogP contribution is 2.32. The quantitative estimate of drug-likeness (QED) is 0.599. The van der Waals surface area contributed by atoms with E-state index in [0.717, 1.165) is 12.5 Å². The minimum Gasteiger partial charge on any atom is -0.310 e. The highest BCUT2D eigenvalue weighted by Gasteiger charge is 2.23. The summed E-state index contributed by atoms with van der Waals surface area (Å²) in [6.45, 7) is 14.7. The average molecular weight is 290 g/mol. The summed E-state index contributed by atoms with van der Waals surface area (Å²) in [4.78, 5) is 0. The van der Waals surface area contributed by atoms with Gasteiger partial charge in [0.2, 0.25) is 0 Å². The zero-order valence-electron chi connectivity index (χ0n) is 15.1. The number of aryl methyl sites for hydroxylation is 3. The van der Waals surface area contributed by atoms with Crippen molar-refractivity contribution in [2.24, 2.45) is 5.92 Å². The van der Waals surface area contributed by atoms with Crippen LogP contribution in [0.2, 0.25) is 0 Å². The molecule has 1 unspecified atom stereocenters. The second-order valence-electron chi connectivity index (χ2n) is 6.56. The lowest BCUT2D eigenvalue weighted by molar-refractivity contribution is 0.315. The van der Waals surface area contributed by atoms with E-state index in [1.807, 2.05) is 0 Å². The Bertz CT molecular complexity index is 416. The molecule has 0 aliphatic carbocycles. The molecule has 1 aromatic rings. The third kappa shape index (κ3) is 5.14. The van der Waals surface area contributed by atoms with E-state index in [9.17, 15) is 0 Å². The zero-order chi connectivity index (χ0) is 15.8. The standard InChI is InChI=1S/C20H35N/c1-7-10-18(11-8-2)20(21-12-9-3)19-14-16(5)15(4)13-17(19)6/h13-14,18,20-21H,7-12H2,1-6H3. The van der Waals surface area contributed by atoms with Crippen molar-refractivity contribution in [1.82, 2.24) is 5.32 Å². The maximum Gasteiger partial charge on any atom is 0.0351 e. The fourth-order valence-electron chi connectivity index (χ4n) is 3.37. The predicted molar refractivity (Wildman–Crippen MR) is 95.0 cm³/mol. The van der Waals surface area contributed by atoms with Crippen molar-refractivity contribution in [2.75, 3.05) is 6.54 Å². The molecule has 0 aliphatic rings. The van der Waals surface area contributed by atoms with Gasteiger partial charge in [0.1, 0.15) is 0 Å². The molecule has 0 saturated heterocycles. The summed E-state index contributed by atoms with van der Waals surface area (Å²) >= 11 is 0. The van der Waals surface area contributed by atoms with Crippen LogP contribution in [-0.4, -0.2) is 6.54 Å². The SMILES string of the molecule is CCCNC(c1cc(C)c(C)cc1C)C(CCC)CCC. The van der Waals surface area contributed by atoms with Gasteiger partial charge >= 0.3 is 0 Å². The summed E-state index contributed by atoms with van der Waals surface area (Å²) in [5.74, 6) is 0.757. The maximum absolute atomic E-state index is 3.84. The van der Waals surface area contributed by atoms with E-state index in [2.05, 4.69) is 59.0 Å².